The van der Waals surface area contributed by atoms with E-state index in [1.807, 2.05) is 102 Å². The molecule has 0 fully saturated rings. The first-order valence-corrected chi connectivity index (χ1v) is 11.3. The zero-order valence-electron chi connectivity index (χ0n) is 20.5. The lowest BCUT2D eigenvalue weighted by Gasteiger charge is -2.02. The molecule has 168 valence electrons. The van der Waals surface area contributed by atoms with E-state index < -0.39 is 0 Å². The van der Waals surface area contributed by atoms with Crippen LogP contribution in [0.5, 0.6) is 11.5 Å². The third kappa shape index (κ3) is 8.33. The largest absolute Gasteiger partial charge is 0.508 e. The predicted octanol–water partition coefficient (Wildman–Crippen LogP) is 9.18. The van der Waals surface area contributed by atoms with Gasteiger partial charge in [-0.1, -0.05) is 109 Å². The molecule has 31 heavy (non-hydrogen) atoms. The highest BCUT2D eigenvalue weighted by Crippen LogP contribution is 2.26. The molecule has 4 aromatic rings. The van der Waals surface area contributed by atoms with Gasteiger partial charge in [0.1, 0.15) is 11.5 Å². The van der Waals surface area contributed by atoms with Crippen molar-refractivity contribution in [1.82, 2.24) is 0 Å². The van der Waals surface area contributed by atoms with Crippen molar-refractivity contribution < 1.29 is 10.2 Å². The lowest BCUT2D eigenvalue weighted by atomic mass is 10.1. The summed E-state index contributed by atoms with van der Waals surface area (Å²) in [6.07, 6.45) is 1.25. The molecule has 4 aromatic carbocycles. The Morgan fingerprint density at radius 3 is 1.13 bits per heavy atom. The number of phenols is 2. The number of phenolic OH excluding ortho intramolecular Hbond substituents is 2. The molecule has 0 aliphatic rings. The van der Waals surface area contributed by atoms with Crippen LogP contribution in [0.3, 0.4) is 0 Å². The van der Waals surface area contributed by atoms with Gasteiger partial charge in [0.15, 0.2) is 0 Å². The van der Waals surface area contributed by atoms with E-state index in [-0.39, 0.29) is 0 Å². The van der Waals surface area contributed by atoms with E-state index >= 15 is 0 Å². The Bertz CT molecular complexity index is 936. The van der Waals surface area contributed by atoms with Crippen molar-refractivity contribution in [3.8, 4) is 11.5 Å². The second kappa shape index (κ2) is 15.8. The molecule has 0 heterocycles. The van der Waals surface area contributed by atoms with Gasteiger partial charge in [-0.3, -0.25) is 0 Å². The summed E-state index contributed by atoms with van der Waals surface area (Å²) in [6.45, 7) is 16.1. The summed E-state index contributed by atoms with van der Waals surface area (Å²) < 4.78 is 0. The fourth-order valence-electron chi connectivity index (χ4n) is 2.83. The smallest absolute Gasteiger partial charge is 0.119 e. The van der Waals surface area contributed by atoms with E-state index in [2.05, 4.69) is 13.8 Å². The number of fused-ring (bicyclic) bond motifs is 2. The Morgan fingerprint density at radius 2 is 0.806 bits per heavy atom. The minimum atomic E-state index is 0.369. The second-order valence-electron chi connectivity index (χ2n) is 6.57. The van der Waals surface area contributed by atoms with E-state index in [1.165, 1.54) is 17.2 Å². The van der Waals surface area contributed by atoms with Crippen LogP contribution >= 0.6 is 0 Å². The lowest BCUT2D eigenvalue weighted by Crippen LogP contribution is -1.78. The van der Waals surface area contributed by atoms with Crippen molar-refractivity contribution in [2.75, 3.05) is 0 Å². The summed E-state index contributed by atoms with van der Waals surface area (Å²) in [7, 11) is 0. The molecule has 0 saturated heterocycles. The fraction of sp³-hybridized carbons (Fsp3) is 0.310. The Labute approximate surface area is 189 Å². The molecule has 0 aliphatic carbocycles. The van der Waals surface area contributed by atoms with Crippen LogP contribution in [0.15, 0.2) is 72.8 Å². The van der Waals surface area contributed by atoms with Crippen LogP contribution in [-0.4, -0.2) is 10.2 Å². The summed E-state index contributed by atoms with van der Waals surface area (Å²) in [4.78, 5) is 0. The molecule has 0 spiro atoms. The minimum absolute atomic E-state index is 0.369. The van der Waals surface area contributed by atoms with Crippen molar-refractivity contribution in [2.24, 2.45) is 0 Å². The summed E-state index contributed by atoms with van der Waals surface area (Å²) in [5.74, 6) is 0.738. The van der Waals surface area contributed by atoms with Gasteiger partial charge in [-0.2, -0.15) is 0 Å². The van der Waals surface area contributed by atoms with Crippen LogP contribution < -0.4 is 0 Å². The third-order valence-corrected chi connectivity index (χ3v) is 4.34. The molecule has 0 amide bonds. The molecule has 4 rings (SSSR count). The summed E-state index contributed by atoms with van der Waals surface area (Å²) in [5.41, 5.74) is 1.90. The van der Waals surface area contributed by atoms with Gasteiger partial charge in [-0.05, 0) is 58.7 Å². The highest BCUT2D eigenvalue weighted by molar-refractivity contribution is 5.88. The highest BCUT2D eigenvalue weighted by atomic mass is 16.3. The van der Waals surface area contributed by atoms with Gasteiger partial charge in [0.25, 0.3) is 0 Å². The average Bonchev–Trinajstić information content (AvgIpc) is 2.83. The molecule has 0 aromatic heterocycles. The lowest BCUT2D eigenvalue weighted by molar-refractivity contribution is 0.471. The number of rotatable bonds is 0. The van der Waals surface area contributed by atoms with Gasteiger partial charge < -0.3 is 10.2 Å². The van der Waals surface area contributed by atoms with Crippen molar-refractivity contribution >= 4 is 21.5 Å². The van der Waals surface area contributed by atoms with Gasteiger partial charge >= 0.3 is 0 Å². The van der Waals surface area contributed by atoms with Crippen molar-refractivity contribution in [3.63, 3.8) is 0 Å². The molecule has 0 unspecified atom stereocenters. The predicted molar refractivity (Wildman–Crippen MR) is 139 cm³/mol. The van der Waals surface area contributed by atoms with E-state index in [4.69, 9.17) is 0 Å². The standard InChI is InChI=1S/2C11H10O.C3H8.2C2H6/c2*1-8-10-5-3-2-4-9(10)6-7-11(8)12;1-3-2;2*1-2/h2*2-7,12H,1H3;3H2,1-2H3;2*1-2H3. The minimum Gasteiger partial charge on any atom is -0.508 e. The van der Waals surface area contributed by atoms with Crippen molar-refractivity contribution in [3.05, 3.63) is 83.9 Å². The Balaban J connectivity index is 0.000000453. The second-order valence-corrected chi connectivity index (χ2v) is 6.57. The van der Waals surface area contributed by atoms with Crippen LogP contribution in [0.4, 0.5) is 0 Å². The van der Waals surface area contributed by atoms with E-state index in [0.717, 1.165) is 21.9 Å². The van der Waals surface area contributed by atoms with Crippen LogP contribution in [0, 0.1) is 13.8 Å². The first-order valence-electron chi connectivity index (χ1n) is 11.3. The maximum absolute atomic E-state index is 9.42. The molecule has 0 atom stereocenters. The number of benzene rings is 4. The van der Waals surface area contributed by atoms with Crippen LogP contribution in [0.25, 0.3) is 21.5 Å². The first-order chi connectivity index (χ1) is 15.0. The molecule has 2 heteroatoms. The average molecular weight is 421 g/mol. The van der Waals surface area contributed by atoms with Gasteiger partial charge in [0.2, 0.25) is 0 Å². The van der Waals surface area contributed by atoms with E-state index in [1.54, 1.807) is 12.1 Å². The summed E-state index contributed by atoms with van der Waals surface area (Å²) >= 11 is 0. The molecular weight excluding hydrogens is 380 g/mol. The van der Waals surface area contributed by atoms with Gasteiger partial charge in [-0.15, -0.1) is 0 Å². The van der Waals surface area contributed by atoms with Gasteiger partial charge in [-0.25, -0.2) is 0 Å². The number of aryl methyl sites for hydroxylation is 2. The SMILES string of the molecule is CC.CC.CCC.Cc1c(O)ccc2ccccc12.Cc1c(O)ccc2ccccc12. The van der Waals surface area contributed by atoms with E-state index in [9.17, 15) is 10.2 Å². The summed E-state index contributed by atoms with van der Waals surface area (Å²) in [5, 5.41) is 23.4. The number of aromatic hydroxyl groups is 2. The quantitative estimate of drug-likeness (QED) is 0.298. The van der Waals surface area contributed by atoms with Gasteiger partial charge in [0.05, 0.1) is 0 Å². The van der Waals surface area contributed by atoms with Crippen LogP contribution in [-0.2, 0) is 0 Å². The van der Waals surface area contributed by atoms with Crippen LogP contribution in [0.1, 0.15) is 59.1 Å². The van der Waals surface area contributed by atoms with Crippen LogP contribution in [0.2, 0.25) is 0 Å². The Hall–Kier alpha value is -3.00. The maximum Gasteiger partial charge on any atom is 0.119 e. The number of hydrogen-bond acceptors (Lipinski definition) is 2. The Kier molecular flexibility index (Phi) is 14.3. The topological polar surface area (TPSA) is 40.5 Å². The monoisotopic (exact) mass is 420 g/mol. The Morgan fingerprint density at radius 1 is 0.516 bits per heavy atom. The normalized spacial score (nSPS) is 9.03. The highest BCUT2D eigenvalue weighted by Gasteiger charge is 2.00. The molecule has 2 N–H and O–H groups in total. The number of hydrogen-bond donors (Lipinski definition) is 2. The van der Waals surface area contributed by atoms with Crippen molar-refractivity contribution in [2.45, 2.75) is 61.8 Å². The zero-order chi connectivity index (χ0) is 23.8. The molecule has 0 aliphatic heterocycles. The fourth-order valence-corrected chi connectivity index (χ4v) is 2.83. The zero-order valence-corrected chi connectivity index (χ0v) is 20.5. The third-order valence-electron chi connectivity index (χ3n) is 4.34. The molecule has 0 radical (unpaired) electrons. The van der Waals surface area contributed by atoms with Gasteiger partial charge in [0, 0.05) is 0 Å². The first kappa shape index (κ1) is 28.0. The maximum atomic E-state index is 9.42. The van der Waals surface area contributed by atoms with E-state index in [0.29, 0.717) is 11.5 Å². The molecule has 2 nitrogen and oxygen atoms in total. The molecular formula is C29H40O2. The van der Waals surface area contributed by atoms with Crippen molar-refractivity contribution in [1.29, 1.82) is 0 Å². The molecule has 0 bridgehead atoms. The molecule has 0 saturated carbocycles. The summed E-state index contributed by atoms with van der Waals surface area (Å²) in [6, 6.07) is 23.4.